The van der Waals surface area contributed by atoms with E-state index >= 15 is 0 Å². The first kappa shape index (κ1) is 11.1. The van der Waals surface area contributed by atoms with E-state index in [4.69, 9.17) is 10.8 Å². The van der Waals surface area contributed by atoms with E-state index in [1.54, 1.807) is 6.07 Å². The standard InChI is InChI=1S/C10H13F2NO/c11-7-10(13,5-6-14)8-3-1-2-4-9(8)12/h1-4,14H,5-7,13H2/t10-/m1/s1. The molecule has 3 N–H and O–H groups in total. The molecule has 4 heteroatoms. The number of rotatable bonds is 4. The molecule has 1 aromatic carbocycles. The Balaban J connectivity index is 3.05. The summed E-state index contributed by atoms with van der Waals surface area (Å²) in [7, 11) is 0. The molecule has 0 unspecified atom stereocenters. The Morgan fingerprint density at radius 1 is 1.36 bits per heavy atom. The number of hydrogen-bond donors (Lipinski definition) is 2. The van der Waals surface area contributed by atoms with Crippen LogP contribution in [0.1, 0.15) is 12.0 Å². The van der Waals surface area contributed by atoms with Crippen molar-refractivity contribution in [1.29, 1.82) is 0 Å². The van der Waals surface area contributed by atoms with Gasteiger partial charge in [0.25, 0.3) is 0 Å². The predicted octanol–water partition coefficient (Wildman–Crippen LogP) is 1.33. The first-order chi connectivity index (χ1) is 6.64. The molecule has 78 valence electrons. The van der Waals surface area contributed by atoms with E-state index in [0.29, 0.717) is 0 Å². The summed E-state index contributed by atoms with van der Waals surface area (Å²) >= 11 is 0. The molecule has 1 atom stereocenters. The van der Waals surface area contributed by atoms with Gasteiger partial charge in [0, 0.05) is 12.2 Å². The van der Waals surface area contributed by atoms with Crippen LogP contribution in [0.5, 0.6) is 0 Å². The van der Waals surface area contributed by atoms with Crippen LogP contribution in [0.4, 0.5) is 8.78 Å². The molecule has 0 aromatic heterocycles. The van der Waals surface area contributed by atoms with Crippen LogP contribution in [0.3, 0.4) is 0 Å². The summed E-state index contributed by atoms with van der Waals surface area (Å²) in [4.78, 5) is 0. The van der Waals surface area contributed by atoms with Gasteiger partial charge in [0.15, 0.2) is 0 Å². The molecule has 1 rings (SSSR count). The lowest BCUT2D eigenvalue weighted by Gasteiger charge is -2.26. The molecule has 0 aliphatic heterocycles. The molecule has 0 aliphatic carbocycles. The average molecular weight is 201 g/mol. The highest BCUT2D eigenvalue weighted by atomic mass is 19.1. The Bertz CT molecular complexity index is 306. The molecule has 0 fully saturated rings. The van der Waals surface area contributed by atoms with Crippen molar-refractivity contribution in [3.63, 3.8) is 0 Å². The molecule has 0 aliphatic rings. The van der Waals surface area contributed by atoms with E-state index in [-0.39, 0.29) is 18.6 Å². The number of aliphatic hydroxyl groups is 1. The van der Waals surface area contributed by atoms with Gasteiger partial charge >= 0.3 is 0 Å². The van der Waals surface area contributed by atoms with Crippen molar-refractivity contribution in [1.82, 2.24) is 0 Å². The second-order valence-corrected chi connectivity index (χ2v) is 3.24. The van der Waals surface area contributed by atoms with Crippen LogP contribution < -0.4 is 5.73 Å². The molecule has 14 heavy (non-hydrogen) atoms. The van der Waals surface area contributed by atoms with Gasteiger partial charge in [-0.05, 0) is 12.5 Å². The number of alkyl halides is 1. The molecule has 0 saturated carbocycles. The van der Waals surface area contributed by atoms with Crippen molar-refractivity contribution in [3.05, 3.63) is 35.6 Å². The summed E-state index contributed by atoms with van der Waals surface area (Å²) in [6, 6.07) is 5.76. The minimum atomic E-state index is -1.42. The van der Waals surface area contributed by atoms with Crippen LogP contribution in [0.25, 0.3) is 0 Å². The number of halogens is 2. The largest absolute Gasteiger partial charge is 0.396 e. The van der Waals surface area contributed by atoms with Crippen molar-refractivity contribution in [2.75, 3.05) is 13.3 Å². The third kappa shape index (κ3) is 2.08. The normalized spacial score (nSPS) is 15.1. The summed E-state index contributed by atoms with van der Waals surface area (Å²) in [6.07, 6.45) is 0.00440. The maximum absolute atomic E-state index is 13.3. The van der Waals surface area contributed by atoms with E-state index in [2.05, 4.69) is 0 Å². The van der Waals surface area contributed by atoms with E-state index in [0.717, 1.165) is 0 Å². The lowest BCUT2D eigenvalue weighted by molar-refractivity contribution is 0.206. The highest BCUT2D eigenvalue weighted by Gasteiger charge is 2.29. The quantitative estimate of drug-likeness (QED) is 0.772. The number of nitrogens with two attached hydrogens (primary N) is 1. The smallest absolute Gasteiger partial charge is 0.128 e. The monoisotopic (exact) mass is 201 g/mol. The van der Waals surface area contributed by atoms with Gasteiger partial charge in [0.05, 0.1) is 5.54 Å². The highest BCUT2D eigenvalue weighted by molar-refractivity contribution is 5.26. The van der Waals surface area contributed by atoms with Crippen LogP contribution in [-0.2, 0) is 5.54 Å². The summed E-state index contributed by atoms with van der Waals surface area (Å²) in [6.45, 7) is -1.16. The minimum Gasteiger partial charge on any atom is -0.396 e. The van der Waals surface area contributed by atoms with E-state index < -0.39 is 18.0 Å². The van der Waals surface area contributed by atoms with Gasteiger partial charge in [0.1, 0.15) is 12.5 Å². The van der Waals surface area contributed by atoms with Crippen LogP contribution in [0.15, 0.2) is 24.3 Å². The third-order valence-electron chi connectivity index (χ3n) is 2.21. The Morgan fingerprint density at radius 2 is 2.00 bits per heavy atom. The van der Waals surface area contributed by atoms with Crippen LogP contribution in [0, 0.1) is 5.82 Å². The SMILES string of the molecule is N[C@@](CF)(CCO)c1ccccc1F. The predicted molar refractivity (Wildman–Crippen MR) is 49.9 cm³/mol. The fraction of sp³-hybridized carbons (Fsp3) is 0.400. The summed E-state index contributed by atoms with van der Waals surface area (Å²) in [5, 5.41) is 8.72. The van der Waals surface area contributed by atoms with Crippen molar-refractivity contribution in [2.45, 2.75) is 12.0 Å². The second-order valence-electron chi connectivity index (χ2n) is 3.24. The van der Waals surface area contributed by atoms with E-state index in [1.165, 1.54) is 18.2 Å². The fourth-order valence-corrected chi connectivity index (χ4v) is 1.34. The Kier molecular flexibility index (Phi) is 3.55. The van der Waals surface area contributed by atoms with Gasteiger partial charge in [-0.15, -0.1) is 0 Å². The van der Waals surface area contributed by atoms with Gasteiger partial charge in [-0.1, -0.05) is 18.2 Å². The summed E-state index contributed by atoms with van der Waals surface area (Å²) in [5.41, 5.74) is 4.35. The molecule has 0 spiro atoms. The first-order valence-electron chi connectivity index (χ1n) is 4.35. The van der Waals surface area contributed by atoms with Crippen LogP contribution in [-0.4, -0.2) is 18.4 Å². The molecular weight excluding hydrogens is 188 g/mol. The maximum Gasteiger partial charge on any atom is 0.128 e. The van der Waals surface area contributed by atoms with Crippen molar-refractivity contribution < 1.29 is 13.9 Å². The zero-order valence-corrected chi connectivity index (χ0v) is 7.71. The first-order valence-corrected chi connectivity index (χ1v) is 4.35. The Morgan fingerprint density at radius 3 is 2.50 bits per heavy atom. The Hall–Kier alpha value is -1.00. The maximum atomic E-state index is 13.3. The molecule has 2 nitrogen and oxygen atoms in total. The zero-order chi connectivity index (χ0) is 10.6. The molecule has 0 radical (unpaired) electrons. The van der Waals surface area contributed by atoms with Gasteiger partial charge in [-0.25, -0.2) is 8.78 Å². The number of hydrogen-bond acceptors (Lipinski definition) is 2. The summed E-state index contributed by atoms with van der Waals surface area (Å²) in [5.74, 6) is -0.541. The molecule has 0 saturated heterocycles. The highest BCUT2D eigenvalue weighted by Crippen LogP contribution is 2.24. The van der Waals surface area contributed by atoms with Crippen molar-refractivity contribution >= 4 is 0 Å². The van der Waals surface area contributed by atoms with Gasteiger partial charge in [-0.3, -0.25) is 0 Å². The van der Waals surface area contributed by atoms with E-state index in [9.17, 15) is 8.78 Å². The average Bonchev–Trinajstić information content (AvgIpc) is 2.18. The fourth-order valence-electron chi connectivity index (χ4n) is 1.34. The van der Waals surface area contributed by atoms with Gasteiger partial charge in [0.2, 0.25) is 0 Å². The second kappa shape index (κ2) is 4.48. The zero-order valence-electron chi connectivity index (χ0n) is 7.71. The molecule has 0 bridgehead atoms. The third-order valence-corrected chi connectivity index (χ3v) is 2.21. The molecular formula is C10H13F2NO. The van der Waals surface area contributed by atoms with Crippen molar-refractivity contribution in [2.24, 2.45) is 5.73 Å². The minimum absolute atomic E-state index is 0.00440. The molecule has 0 amide bonds. The Labute approximate surface area is 81.4 Å². The lowest BCUT2D eigenvalue weighted by atomic mass is 9.89. The number of aliphatic hydroxyl groups excluding tert-OH is 1. The molecule has 1 aromatic rings. The van der Waals surface area contributed by atoms with Crippen LogP contribution in [0.2, 0.25) is 0 Å². The lowest BCUT2D eigenvalue weighted by Crippen LogP contribution is -2.40. The molecule has 0 heterocycles. The summed E-state index contributed by atoms with van der Waals surface area (Å²) < 4.78 is 26.0. The van der Waals surface area contributed by atoms with Gasteiger partial charge < -0.3 is 10.8 Å². The van der Waals surface area contributed by atoms with E-state index in [1.807, 2.05) is 0 Å². The van der Waals surface area contributed by atoms with Crippen LogP contribution >= 0.6 is 0 Å². The topological polar surface area (TPSA) is 46.2 Å². The van der Waals surface area contributed by atoms with Gasteiger partial charge in [-0.2, -0.15) is 0 Å². The number of benzene rings is 1. The van der Waals surface area contributed by atoms with Crippen molar-refractivity contribution in [3.8, 4) is 0 Å².